The van der Waals surface area contributed by atoms with E-state index in [4.69, 9.17) is 5.73 Å². The zero-order chi connectivity index (χ0) is 12.1. The Kier molecular flexibility index (Phi) is 6.44. The average Bonchev–Trinajstić information content (AvgIpc) is 2.11. The number of hydrogen-bond acceptors (Lipinski definition) is 3. The molecule has 0 saturated carbocycles. The van der Waals surface area contributed by atoms with Crippen molar-refractivity contribution in [2.45, 2.75) is 45.8 Å². The Hall–Kier alpha value is -0.0900. The van der Waals surface area contributed by atoms with Gasteiger partial charge in [-0.3, -0.25) is 0 Å². The van der Waals surface area contributed by atoms with Crippen LogP contribution in [0.5, 0.6) is 0 Å². The van der Waals surface area contributed by atoms with Crippen molar-refractivity contribution in [3.8, 4) is 0 Å². The van der Waals surface area contributed by atoms with Crippen LogP contribution in [-0.2, 0) is 9.84 Å². The molecule has 3 nitrogen and oxygen atoms in total. The molecule has 0 aliphatic carbocycles. The molecule has 0 aliphatic heterocycles. The molecule has 0 heterocycles. The molecule has 15 heavy (non-hydrogen) atoms. The molecular formula is C11H25NO2S. The zero-order valence-corrected chi connectivity index (χ0v) is 11.2. The molecule has 0 aliphatic rings. The summed E-state index contributed by atoms with van der Waals surface area (Å²) in [6.45, 7) is 8.33. The molecule has 4 heteroatoms. The molecule has 0 spiro atoms. The lowest BCUT2D eigenvalue weighted by atomic mass is 9.95. The second-order valence-electron chi connectivity index (χ2n) is 4.94. The van der Waals surface area contributed by atoms with Gasteiger partial charge in [-0.2, -0.15) is 0 Å². The smallest absolute Gasteiger partial charge is 0.152 e. The number of rotatable bonds is 7. The first-order chi connectivity index (χ1) is 6.79. The van der Waals surface area contributed by atoms with Gasteiger partial charge in [0.05, 0.1) is 11.0 Å². The van der Waals surface area contributed by atoms with Gasteiger partial charge in [0.1, 0.15) is 0 Å². The largest absolute Gasteiger partial charge is 0.330 e. The second kappa shape index (κ2) is 6.48. The van der Waals surface area contributed by atoms with E-state index in [1.807, 2.05) is 0 Å². The maximum Gasteiger partial charge on any atom is 0.152 e. The molecule has 1 atom stereocenters. The van der Waals surface area contributed by atoms with Crippen LogP contribution in [0.1, 0.15) is 40.5 Å². The Bertz CT molecular complexity index is 258. The van der Waals surface area contributed by atoms with Crippen LogP contribution in [0, 0.1) is 11.8 Å². The number of nitrogens with two attached hydrogens (primary N) is 1. The van der Waals surface area contributed by atoms with Gasteiger partial charge in [0.15, 0.2) is 9.84 Å². The van der Waals surface area contributed by atoms with Crippen LogP contribution in [0.15, 0.2) is 0 Å². The van der Waals surface area contributed by atoms with Crippen LogP contribution in [0.25, 0.3) is 0 Å². The molecule has 0 aromatic rings. The highest BCUT2D eigenvalue weighted by Crippen LogP contribution is 2.16. The third kappa shape index (κ3) is 6.15. The Labute approximate surface area is 94.4 Å². The normalized spacial score (nSPS) is 14.9. The molecule has 0 fully saturated rings. The van der Waals surface area contributed by atoms with Crippen molar-refractivity contribution >= 4 is 9.84 Å². The second-order valence-corrected chi connectivity index (χ2v) is 7.61. The van der Waals surface area contributed by atoms with Crippen molar-refractivity contribution in [1.82, 2.24) is 0 Å². The summed E-state index contributed by atoms with van der Waals surface area (Å²) in [5.41, 5.74) is 5.63. The van der Waals surface area contributed by atoms with Crippen molar-refractivity contribution in [1.29, 1.82) is 0 Å². The third-order valence-corrected chi connectivity index (χ3v) is 4.91. The molecule has 0 saturated heterocycles. The Balaban J connectivity index is 4.12. The summed E-state index contributed by atoms with van der Waals surface area (Å²) < 4.78 is 23.2. The summed E-state index contributed by atoms with van der Waals surface area (Å²) >= 11 is 0. The maximum absolute atomic E-state index is 11.6. The van der Waals surface area contributed by atoms with E-state index in [0.717, 1.165) is 6.42 Å². The van der Waals surface area contributed by atoms with E-state index in [2.05, 4.69) is 13.8 Å². The van der Waals surface area contributed by atoms with Gasteiger partial charge < -0.3 is 5.73 Å². The fourth-order valence-electron chi connectivity index (χ4n) is 1.57. The highest BCUT2D eigenvalue weighted by Gasteiger charge is 2.18. The predicted molar refractivity (Wildman–Crippen MR) is 65.5 cm³/mol. The lowest BCUT2D eigenvalue weighted by molar-refractivity contribution is 0.406. The standard InChI is InChI=1S/C11H25NO2S/c1-9(2)7-11(8-12)5-6-15(13,14)10(3)4/h9-11H,5-8,12H2,1-4H3. The summed E-state index contributed by atoms with van der Waals surface area (Å²) in [5.74, 6) is 1.21. The third-order valence-electron chi connectivity index (χ3n) is 2.67. The van der Waals surface area contributed by atoms with E-state index >= 15 is 0 Å². The van der Waals surface area contributed by atoms with E-state index < -0.39 is 9.84 Å². The summed E-state index contributed by atoms with van der Waals surface area (Å²) in [7, 11) is -2.89. The molecule has 0 aromatic heterocycles. The molecule has 92 valence electrons. The first-order valence-electron chi connectivity index (χ1n) is 5.71. The van der Waals surface area contributed by atoms with Gasteiger partial charge in [-0.25, -0.2) is 8.42 Å². The quantitative estimate of drug-likeness (QED) is 0.732. The van der Waals surface area contributed by atoms with Crippen molar-refractivity contribution in [2.24, 2.45) is 17.6 Å². The molecule has 2 N–H and O–H groups in total. The van der Waals surface area contributed by atoms with Gasteiger partial charge in [0.25, 0.3) is 0 Å². The minimum Gasteiger partial charge on any atom is -0.330 e. The van der Waals surface area contributed by atoms with Crippen LogP contribution in [0.3, 0.4) is 0 Å². The molecule has 0 rings (SSSR count). The molecule has 1 unspecified atom stereocenters. The van der Waals surface area contributed by atoms with Crippen LogP contribution in [0.2, 0.25) is 0 Å². The van der Waals surface area contributed by atoms with Gasteiger partial charge >= 0.3 is 0 Å². The van der Waals surface area contributed by atoms with Gasteiger partial charge in [0, 0.05) is 0 Å². The predicted octanol–water partition coefficient (Wildman–Crippen LogP) is 1.82. The number of hydrogen-bond donors (Lipinski definition) is 1. The summed E-state index contributed by atoms with van der Waals surface area (Å²) in [6.07, 6.45) is 1.72. The Morgan fingerprint density at radius 3 is 2.00 bits per heavy atom. The first-order valence-corrected chi connectivity index (χ1v) is 7.42. The fraction of sp³-hybridized carbons (Fsp3) is 1.00. The highest BCUT2D eigenvalue weighted by atomic mass is 32.2. The monoisotopic (exact) mass is 235 g/mol. The molecular weight excluding hydrogens is 210 g/mol. The minimum atomic E-state index is -2.89. The van der Waals surface area contributed by atoms with Gasteiger partial charge in [-0.1, -0.05) is 13.8 Å². The average molecular weight is 235 g/mol. The molecule has 0 aromatic carbocycles. The SMILES string of the molecule is CC(C)CC(CN)CCS(=O)(=O)C(C)C. The van der Waals surface area contributed by atoms with E-state index in [1.165, 1.54) is 0 Å². The van der Waals surface area contributed by atoms with Crippen molar-refractivity contribution in [3.05, 3.63) is 0 Å². The maximum atomic E-state index is 11.6. The van der Waals surface area contributed by atoms with Crippen molar-refractivity contribution < 1.29 is 8.42 Å². The van der Waals surface area contributed by atoms with Crippen molar-refractivity contribution in [2.75, 3.05) is 12.3 Å². The molecule has 0 bridgehead atoms. The van der Waals surface area contributed by atoms with Gasteiger partial charge in [-0.05, 0) is 45.1 Å². The topological polar surface area (TPSA) is 60.2 Å². The first kappa shape index (κ1) is 14.9. The van der Waals surface area contributed by atoms with Crippen LogP contribution in [-0.4, -0.2) is 26.0 Å². The summed E-state index contributed by atoms with van der Waals surface area (Å²) in [4.78, 5) is 0. The van der Waals surface area contributed by atoms with E-state index in [-0.39, 0.29) is 11.0 Å². The lowest BCUT2D eigenvalue weighted by Gasteiger charge is -2.17. The Morgan fingerprint density at radius 2 is 1.67 bits per heavy atom. The van der Waals surface area contributed by atoms with E-state index in [9.17, 15) is 8.42 Å². The molecule has 0 radical (unpaired) electrons. The fourth-order valence-corrected chi connectivity index (χ4v) is 2.70. The van der Waals surface area contributed by atoms with Crippen LogP contribution in [0.4, 0.5) is 0 Å². The van der Waals surface area contributed by atoms with Crippen LogP contribution < -0.4 is 5.73 Å². The molecule has 0 amide bonds. The van der Waals surface area contributed by atoms with Gasteiger partial charge in [0.2, 0.25) is 0 Å². The summed E-state index contributed by atoms with van der Waals surface area (Å²) in [5, 5.41) is -0.269. The van der Waals surface area contributed by atoms with Crippen molar-refractivity contribution in [3.63, 3.8) is 0 Å². The zero-order valence-electron chi connectivity index (χ0n) is 10.4. The highest BCUT2D eigenvalue weighted by molar-refractivity contribution is 7.91. The Morgan fingerprint density at radius 1 is 1.13 bits per heavy atom. The van der Waals surface area contributed by atoms with Crippen LogP contribution >= 0.6 is 0 Å². The minimum absolute atomic E-state index is 0.269. The lowest BCUT2D eigenvalue weighted by Crippen LogP contribution is -2.23. The number of sulfone groups is 1. The van der Waals surface area contributed by atoms with Gasteiger partial charge in [-0.15, -0.1) is 0 Å². The van der Waals surface area contributed by atoms with E-state index in [0.29, 0.717) is 24.8 Å². The van der Waals surface area contributed by atoms with E-state index in [1.54, 1.807) is 13.8 Å². The summed E-state index contributed by atoms with van der Waals surface area (Å²) in [6, 6.07) is 0.